The van der Waals surface area contributed by atoms with Crippen molar-refractivity contribution in [2.45, 2.75) is 134 Å². The molecule has 5 aliphatic heterocycles. The van der Waals surface area contributed by atoms with Gasteiger partial charge in [-0.1, -0.05) is 32.0 Å². The van der Waals surface area contributed by atoms with Crippen molar-refractivity contribution < 1.29 is 51.5 Å². The molecule has 71 heavy (non-hydrogen) atoms. The van der Waals surface area contributed by atoms with E-state index in [1.165, 1.54) is 0 Å². The molecule has 0 bridgehead atoms. The number of rotatable bonds is 15. The Labute approximate surface area is 415 Å². The lowest BCUT2D eigenvalue weighted by atomic mass is 9.69. The molecule has 17 nitrogen and oxygen atoms in total. The predicted molar refractivity (Wildman–Crippen MR) is 257 cm³/mol. The fraction of sp³-hybridized carbons (Fsp3) is 0.547. The van der Waals surface area contributed by atoms with E-state index in [1.54, 1.807) is 63.2 Å². The summed E-state index contributed by atoms with van der Waals surface area (Å²) >= 11 is 0. The Hall–Kier alpha value is -5.83. The van der Waals surface area contributed by atoms with Crippen molar-refractivity contribution in [3.63, 3.8) is 0 Å². The summed E-state index contributed by atoms with van der Waals surface area (Å²) in [6, 6.07) is 18.2. The van der Waals surface area contributed by atoms with E-state index in [9.17, 15) is 24.9 Å². The molecule has 0 radical (unpaired) electrons. The molecule has 6 aliphatic rings. The van der Waals surface area contributed by atoms with Gasteiger partial charge in [-0.05, 0) is 106 Å². The molecule has 3 amide bonds. The Balaban J connectivity index is 1.00. The second-order valence-electron chi connectivity index (χ2n) is 20.9. The van der Waals surface area contributed by atoms with Crippen LogP contribution in [-0.4, -0.2) is 108 Å². The second-order valence-corrected chi connectivity index (χ2v) is 22.6. The monoisotopic (exact) mass is 988 g/mol. The molecular formula is C53H61N6O11P. The molecule has 3 aromatic rings. The minimum atomic E-state index is -4.64. The molecule has 9 rings (SSSR count). The number of amides is 3. The van der Waals surface area contributed by atoms with Crippen LogP contribution >= 0.6 is 7.82 Å². The van der Waals surface area contributed by atoms with E-state index in [2.05, 4.69) is 17.0 Å². The molecule has 0 saturated carbocycles. The molecule has 6 atom stereocenters. The summed E-state index contributed by atoms with van der Waals surface area (Å²) in [7, 11) is -4.64. The lowest BCUT2D eigenvalue weighted by Crippen LogP contribution is -2.55. The number of phosphoric ester groups is 1. The Morgan fingerprint density at radius 3 is 1.51 bits per heavy atom. The molecule has 0 aromatic heterocycles. The standard InChI is InChI=1S/C53H61N6O11P/c1-51(2)30-35-16-17-36(56-7)29-37(35)45(57-20-8-11-42(57)60)48(51)70-71(63,66-25-23-64-49-46(58-21-9-12-43(58)61)38-27-33(31-54)14-18-40(38)68-52(49,3)4)67-26-24-65-50-47(59-22-10-13-44(59)62)39-28-34(32-55)15-19-41(39)69-53(50,5)6/h14-19,27-29,45-50H,8-13,20-26,30H2,1-6H3/t45-,46-,47-,48+,49+,50+/m1/s1. The van der Waals surface area contributed by atoms with E-state index in [-0.39, 0.29) is 44.1 Å². The summed E-state index contributed by atoms with van der Waals surface area (Å²) in [5.74, 6) is 0.934. The molecule has 18 heteroatoms. The van der Waals surface area contributed by atoms with E-state index < -0.39 is 60.9 Å². The van der Waals surface area contributed by atoms with Crippen molar-refractivity contribution in [2.24, 2.45) is 5.41 Å². The van der Waals surface area contributed by atoms with Crippen LogP contribution in [0.5, 0.6) is 11.5 Å². The van der Waals surface area contributed by atoms with Crippen molar-refractivity contribution in [1.29, 1.82) is 10.5 Å². The zero-order valence-corrected chi connectivity index (χ0v) is 42.1. The SMILES string of the molecule is [C-]#[N+]c1ccc2c(c1)[C@@H](N1CCCC1=O)[C@H](OP(=O)(OCCO[C@H]1[C@H](N3CCCC3=O)c3cc(C#N)ccc3OC1(C)C)OCCO[C@H]1[C@H](N3CCCC3=O)c3cc(C#N)ccc3OC1(C)C)C(C)(C)C2. The molecular weight excluding hydrogens is 928 g/mol. The van der Waals surface area contributed by atoms with Crippen molar-refractivity contribution in [1.82, 2.24) is 14.7 Å². The van der Waals surface area contributed by atoms with Crippen molar-refractivity contribution in [2.75, 3.05) is 46.1 Å². The Bertz CT molecular complexity index is 2650. The van der Waals surface area contributed by atoms with Gasteiger partial charge in [0.1, 0.15) is 34.9 Å². The summed E-state index contributed by atoms with van der Waals surface area (Å²) in [4.78, 5) is 49.4. The van der Waals surface area contributed by atoms with Gasteiger partial charge >= 0.3 is 7.82 Å². The van der Waals surface area contributed by atoms with Gasteiger partial charge in [0.15, 0.2) is 5.69 Å². The molecule has 3 fully saturated rings. The zero-order valence-electron chi connectivity index (χ0n) is 41.2. The van der Waals surface area contributed by atoms with Crippen LogP contribution in [-0.2, 0) is 48.4 Å². The van der Waals surface area contributed by atoms with Crippen molar-refractivity contribution in [3.05, 3.63) is 99.4 Å². The molecule has 1 aliphatic carbocycles. The van der Waals surface area contributed by atoms with E-state index >= 15 is 4.57 Å². The zero-order chi connectivity index (χ0) is 50.5. The first-order valence-corrected chi connectivity index (χ1v) is 26.0. The van der Waals surface area contributed by atoms with Gasteiger partial charge in [-0.15, -0.1) is 0 Å². The topological polar surface area (TPSA) is 195 Å². The van der Waals surface area contributed by atoms with Crippen LogP contribution in [0.25, 0.3) is 4.85 Å². The first-order chi connectivity index (χ1) is 33.9. The number of carbonyl (C=O) groups excluding carboxylic acids is 3. The number of likely N-dealkylation sites (tertiary alicyclic amines) is 3. The Kier molecular flexibility index (Phi) is 13.9. The number of hydrogen-bond acceptors (Lipinski definition) is 13. The van der Waals surface area contributed by atoms with Crippen LogP contribution in [0.15, 0.2) is 54.6 Å². The first-order valence-electron chi connectivity index (χ1n) is 24.5. The number of hydrogen-bond donors (Lipinski definition) is 0. The minimum Gasteiger partial charge on any atom is -0.485 e. The van der Waals surface area contributed by atoms with Gasteiger partial charge in [-0.25, -0.2) is 9.41 Å². The van der Waals surface area contributed by atoms with Gasteiger partial charge in [-0.3, -0.25) is 28.0 Å². The maximum Gasteiger partial charge on any atom is 0.475 e. The summed E-state index contributed by atoms with van der Waals surface area (Å²) in [6.45, 7) is 19.8. The van der Waals surface area contributed by atoms with E-state index in [0.717, 1.165) is 11.1 Å². The van der Waals surface area contributed by atoms with Gasteiger partial charge in [-0.2, -0.15) is 10.5 Å². The number of nitrogens with zero attached hydrogens (tertiary/aromatic N) is 6. The highest BCUT2D eigenvalue weighted by Gasteiger charge is 2.53. The number of ether oxygens (including phenoxy) is 4. The predicted octanol–water partition coefficient (Wildman–Crippen LogP) is 8.59. The second kappa shape index (κ2) is 19.6. The smallest absolute Gasteiger partial charge is 0.475 e. The maximum atomic E-state index is 15.6. The van der Waals surface area contributed by atoms with Gasteiger partial charge in [0.2, 0.25) is 17.7 Å². The number of nitriles is 2. The number of fused-ring (bicyclic) bond motifs is 3. The van der Waals surface area contributed by atoms with Crippen LogP contribution in [0.4, 0.5) is 5.69 Å². The fourth-order valence-electron chi connectivity index (χ4n) is 11.5. The molecule has 5 heterocycles. The van der Waals surface area contributed by atoms with Crippen LogP contribution < -0.4 is 9.47 Å². The van der Waals surface area contributed by atoms with Gasteiger partial charge < -0.3 is 33.6 Å². The summed E-state index contributed by atoms with van der Waals surface area (Å²) in [6.07, 6.45) is 1.11. The van der Waals surface area contributed by atoms with E-state index in [1.807, 2.05) is 47.6 Å². The van der Waals surface area contributed by atoms with Crippen molar-refractivity contribution in [3.8, 4) is 23.6 Å². The summed E-state index contributed by atoms with van der Waals surface area (Å²) < 4.78 is 61.1. The average Bonchev–Trinajstić information content (AvgIpc) is 4.09. The quantitative estimate of drug-likeness (QED) is 0.0799. The Morgan fingerprint density at radius 1 is 0.648 bits per heavy atom. The highest BCUT2D eigenvalue weighted by Crippen LogP contribution is 2.58. The molecule has 3 saturated heterocycles. The first kappa shape index (κ1) is 50.1. The highest BCUT2D eigenvalue weighted by molar-refractivity contribution is 7.48. The van der Waals surface area contributed by atoms with Crippen LogP contribution in [0.2, 0.25) is 0 Å². The van der Waals surface area contributed by atoms with Gasteiger partial charge in [0, 0.05) is 50.0 Å². The lowest BCUT2D eigenvalue weighted by Gasteiger charge is -2.48. The number of carbonyl (C=O) groups is 3. The van der Waals surface area contributed by atoms with Gasteiger partial charge in [0.25, 0.3) is 0 Å². The molecule has 0 N–H and O–H groups in total. The third-order valence-electron chi connectivity index (χ3n) is 14.7. The van der Waals surface area contributed by atoms with E-state index in [0.29, 0.717) is 104 Å². The minimum absolute atomic E-state index is 0.0386. The van der Waals surface area contributed by atoms with Crippen LogP contribution in [0.3, 0.4) is 0 Å². The number of phosphoric acid groups is 1. The summed E-state index contributed by atoms with van der Waals surface area (Å²) in [5, 5.41) is 19.6. The third kappa shape index (κ3) is 9.79. The number of benzene rings is 3. The maximum absolute atomic E-state index is 15.6. The average molecular weight is 989 g/mol. The lowest BCUT2D eigenvalue weighted by molar-refractivity contribution is -0.151. The highest BCUT2D eigenvalue weighted by atomic mass is 31.2. The largest absolute Gasteiger partial charge is 0.485 e. The van der Waals surface area contributed by atoms with Crippen LogP contribution in [0.1, 0.15) is 132 Å². The Morgan fingerprint density at radius 2 is 1.10 bits per heavy atom. The normalized spacial score (nSPS) is 26.1. The summed E-state index contributed by atoms with van der Waals surface area (Å²) in [5.41, 5.74) is 1.55. The van der Waals surface area contributed by atoms with Gasteiger partial charge in [0.05, 0.1) is 80.5 Å². The third-order valence-corrected chi connectivity index (χ3v) is 16.2. The molecule has 3 aromatic carbocycles. The molecule has 374 valence electrons. The molecule has 0 unspecified atom stereocenters. The fourth-order valence-corrected chi connectivity index (χ4v) is 12.9. The van der Waals surface area contributed by atoms with E-state index in [4.69, 9.17) is 39.1 Å². The van der Waals surface area contributed by atoms with Crippen molar-refractivity contribution >= 4 is 31.2 Å². The molecule has 0 spiro atoms. The van der Waals surface area contributed by atoms with Crippen LogP contribution in [0, 0.1) is 34.6 Å².